The van der Waals surface area contributed by atoms with Gasteiger partial charge in [-0.1, -0.05) is 24.3 Å². The van der Waals surface area contributed by atoms with Gasteiger partial charge in [0.1, 0.15) is 0 Å². The van der Waals surface area contributed by atoms with Crippen LogP contribution in [0.4, 0.5) is 4.79 Å². The van der Waals surface area contributed by atoms with Crippen molar-refractivity contribution in [2.75, 3.05) is 6.54 Å². The standard InChI is InChI=1S/C12H18N2O2/c1-9(14-12(15)16)7-11-4-2-3-10(8-11)5-6-13/h2-4,8-9,14H,5-7,13H2,1H3,(H,15,16)/t9-/m0/s1. The van der Waals surface area contributed by atoms with Gasteiger partial charge in [0.25, 0.3) is 0 Å². The Hall–Kier alpha value is -1.55. The summed E-state index contributed by atoms with van der Waals surface area (Å²) >= 11 is 0. The molecule has 0 aliphatic rings. The summed E-state index contributed by atoms with van der Waals surface area (Å²) in [7, 11) is 0. The first-order valence-corrected chi connectivity index (χ1v) is 5.39. The molecule has 0 aliphatic heterocycles. The van der Waals surface area contributed by atoms with Gasteiger partial charge in [-0.25, -0.2) is 4.79 Å². The van der Waals surface area contributed by atoms with E-state index in [0.29, 0.717) is 13.0 Å². The summed E-state index contributed by atoms with van der Waals surface area (Å²) in [5.41, 5.74) is 7.82. The van der Waals surface area contributed by atoms with Crippen LogP contribution in [0.15, 0.2) is 24.3 Å². The van der Waals surface area contributed by atoms with Gasteiger partial charge < -0.3 is 16.2 Å². The van der Waals surface area contributed by atoms with Gasteiger partial charge in [-0.15, -0.1) is 0 Å². The lowest BCUT2D eigenvalue weighted by atomic mass is 10.0. The molecule has 1 aromatic rings. The predicted molar refractivity (Wildman–Crippen MR) is 63.5 cm³/mol. The maximum absolute atomic E-state index is 10.4. The van der Waals surface area contributed by atoms with Crippen molar-refractivity contribution in [2.24, 2.45) is 5.73 Å². The highest BCUT2D eigenvalue weighted by atomic mass is 16.4. The van der Waals surface area contributed by atoms with Crippen LogP contribution in [0.5, 0.6) is 0 Å². The van der Waals surface area contributed by atoms with E-state index >= 15 is 0 Å². The maximum Gasteiger partial charge on any atom is 0.404 e. The SMILES string of the molecule is C[C@@H](Cc1cccc(CCN)c1)NC(=O)O. The van der Waals surface area contributed by atoms with E-state index in [1.807, 2.05) is 25.1 Å². The van der Waals surface area contributed by atoms with Crippen LogP contribution in [0.3, 0.4) is 0 Å². The van der Waals surface area contributed by atoms with E-state index < -0.39 is 6.09 Å². The lowest BCUT2D eigenvalue weighted by molar-refractivity contribution is 0.190. The monoisotopic (exact) mass is 222 g/mol. The molecule has 0 aromatic heterocycles. The quantitative estimate of drug-likeness (QED) is 0.704. The van der Waals surface area contributed by atoms with E-state index in [1.54, 1.807) is 0 Å². The number of carboxylic acid groups (broad SMARTS) is 1. The van der Waals surface area contributed by atoms with Crippen LogP contribution in [0.2, 0.25) is 0 Å². The van der Waals surface area contributed by atoms with Crippen molar-refractivity contribution < 1.29 is 9.90 Å². The lowest BCUT2D eigenvalue weighted by Gasteiger charge is -2.12. The van der Waals surface area contributed by atoms with Crippen LogP contribution in [0, 0.1) is 0 Å². The Labute approximate surface area is 95.5 Å². The minimum absolute atomic E-state index is 0.0781. The molecule has 0 fully saturated rings. The molecule has 0 unspecified atom stereocenters. The number of rotatable bonds is 5. The Kier molecular flexibility index (Phi) is 4.79. The molecule has 0 bridgehead atoms. The molecule has 0 aliphatic carbocycles. The highest BCUT2D eigenvalue weighted by Crippen LogP contribution is 2.08. The Morgan fingerprint density at radius 3 is 2.81 bits per heavy atom. The van der Waals surface area contributed by atoms with Crippen LogP contribution in [0.1, 0.15) is 18.1 Å². The summed E-state index contributed by atoms with van der Waals surface area (Å²) in [6.07, 6.45) is 0.574. The third kappa shape index (κ3) is 4.31. The summed E-state index contributed by atoms with van der Waals surface area (Å²) in [5, 5.41) is 11.0. The van der Waals surface area contributed by atoms with Crippen LogP contribution in [-0.4, -0.2) is 23.8 Å². The molecule has 16 heavy (non-hydrogen) atoms. The van der Waals surface area contributed by atoms with Crippen LogP contribution >= 0.6 is 0 Å². The molecule has 1 aromatic carbocycles. The van der Waals surface area contributed by atoms with E-state index in [-0.39, 0.29) is 6.04 Å². The zero-order chi connectivity index (χ0) is 12.0. The highest BCUT2D eigenvalue weighted by molar-refractivity contribution is 5.64. The second-order valence-electron chi connectivity index (χ2n) is 3.91. The van der Waals surface area contributed by atoms with Gasteiger partial charge in [-0.05, 0) is 37.4 Å². The average molecular weight is 222 g/mol. The molecule has 1 amide bonds. The minimum Gasteiger partial charge on any atom is -0.465 e. The smallest absolute Gasteiger partial charge is 0.404 e. The van der Waals surface area contributed by atoms with Gasteiger partial charge in [-0.2, -0.15) is 0 Å². The van der Waals surface area contributed by atoms with Crippen molar-refractivity contribution >= 4 is 6.09 Å². The van der Waals surface area contributed by atoms with Gasteiger partial charge in [0.05, 0.1) is 0 Å². The molecule has 0 saturated carbocycles. The molecule has 0 heterocycles. The number of hydrogen-bond donors (Lipinski definition) is 3. The number of amides is 1. The number of nitrogens with one attached hydrogen (secondary N) is 1. The molecule has 4 nitrogen and oxygen atoms in total. The van der Waals surface area contributed by atoms with Crippen molar-refractivity contribution in [1.29, 1.82) is 0 Å². The first kappa shape index (κ1) is 12.5. The second kappa shape index (κ2) is 6.12. The molecule has 0 spiro atoms. The normalized spacial score (nSPS) is 12.1. The van der Waals surface area contributed by atoms with Gasteiger partial charge >= 0.3 is 6.09 Å². The number of benzene rings is 1. The lowest BCUT2D eigenvalue weighted by Crippen LogP contribution is -2.32. The molecule has 1 rings (SSSR count). The fourth-order valence-electron chi connectivity index (χ4n) is 1.69. The Morgan fingerprint density at radius 1 is 1.50 bits per heavy atom. The summed E-state index contributed by atoms with van der Waals surface area (Å²) in [5.74, 6) is 0. The molecule has 4 N–H and O–H groups in total. The van der Waals surface area contributed by atoms with Crippen LogP contribution < -0.4 is 11.1 Å². The number of nitrogens with two attached hydrogens (primary N) is 1. The number of carbonyl (C=O) groups is 1. The van der Waals surface area contributed by atoms with Crippen molar-refractivity contribution in [3.8, 4) is 0 Å². The van der Waals surface area contributed by atoms with Crippen molar-refractivity contribution in [1.82, 2.24) is 5.32 Å². The molecule has 4 heteroatoms. The van der Waals surface area contributed by atoms with Crippen LogP contribution in [-0.2, 0) is 12.8 Å². The zero-order valence-electron chi connectivity index (χ0n) is 9.44. The fraction of sp³-hybridized carbons (Fsp3) is 0.417. The third-order valence-corrected chi connectivity index (χ3v) is 2.34. The molecule has 0 radical (unpaired) electrons. The number of hydrogen-bond acceptors (Lipinski definition) is 2. The summed E-state index contributed by atoms with van der Waals surface area (Å²) in [6, 6.07) is 8.01. The summed E-state index contributed by atoms with van der Waals surface area (Å²) in [4.78, 5) is 10.4. The Balaban J connectivity index is 2.59. The maximum atomic E-state index is 10.4. The average Bonchev–Trinajstić information content (AvgIpc) is 2.17. The summed E-state index contributed by atoms with van der Waals surface area (Å²) in [6.45, 7) is 2.48. The Bertz CT molecular complexity index is 353. The van der Waals surface area contributed by atoms with Crippen molar-refractivity contribution in [3.05, 3.63) is 35.4 Å². The van der Waals surface area contributed by atoms with Gasteiger partial charge in [0.2, 0.25) is 0 Å². The van der Waals surface area contributed by atoms with E-state index in [0.717, 1.165) is 12.0 Å². The molecule has 0 saturated heterocycles. The topological polar surface area (TPSA) is 75.3 Å². The fourth-order valence-corrected chi connectivity index (χ4v) is 1.69. The molecule has 1 atom stereocenters. The first-order valence-electron chi connectivity index (χ1n) is 5.39. The van der Waals surface area contributed by atoms with E-state index in [9.17, 15) is 4.79 Å². The molecule has 88 valence electrons. The van der Waals surface area contributed by atoms with Crippen molar-refractivity contribution in [3.63, 3.8) is 0 Å². The molecular weight excluding hydrogens is 204 g/mol. The third-order valence-electron chi connectivity index (χ3n) is 2.34. The van der Waals surface area contributed by atoms with E-state index in [2.05, 4.69) is 11.4 Å². The summed E-state index contributed by atoms with van der Waals surface area (Å²) < 4.78 is 0. The Morgan fingerprint density at radius 2 is 2.19 bits per heavy atom. The molecular formula is C12H18N2O2. The zero-order valence-corrected chi connectivity index (χ0v) is 9.44. The van der Waals surface area contributed by atoms with Gasteiger partial charge in [-0.3, -0.25) is 0 Å². The second-order valence-corrected chi connectivity index (χ2v) is 3.91. The van der Waals surface area contributed by atoms with E-state index in [1.165, 1.54) is 5.56 Å². The predicted octanol–water partition coefficient (Wildman–Crippen LogP) is 1.39. The van der Waals surface area contributed by atoms with Crippen molar-refractivity contribution in [2.45, 2.75) is 25.8 Å². The highest BCUT2D eigenvalue weighted by Gasteiger charge is 2.06. The largest absolute Gasteiger partial charge is 0.465 e. The first-order chi connectivity index (χ1) is 7.61. The van der Waals surface area contributed by atoms with Gasteiger partial charge in [0.15, 0.2) is 0 Å². The van der Waals surface area contributed by atoms with E-state index in [4.69, 9.17) is 10.8 Å². The van der Waals surface area contributed by atoms with Gasteiger partial charge in [0, 0.05) is 6.04 Å². The van der Waals surface area contributed by atoms with Crippen LogP contribution in [0.25, 0.3) is 0 Å². The minimum atomic E-state index is -0.981.